The van der Waals surface area contributed by atoms with Gasteiger partial charge in [-0.05, 0) is 13.0 Å². The van der Waals surface area contributed by atoms with Crippen LogP contribution in [0, 0.1) is 18.3 Å². The lowest BCUT2D eigenvalue weighted by atomic mass is 10.3. The molecule has 0 aromatic carbocycles. The minimum absolute atomic E-state index is 0.438. The molecule has 2 rings (SSSR count). The molecule has 0 atom stereocenters. The smallest absolute Gasteiger partial charge is 0.178 e. The average molecular weight is 193 g/mol. The predicted octanol–water partition coefficient (Wildman–Crippen LogP) is 1.56. The fourth-order valence-corrected chi connectivity index (χ4v) is 1.36. The van der Waals surface area contributed by atoms with Gasteiger partial charge in [-0.25, -0.2) is 0 Å². The highest BCUT2D eigenvalue weighted by Crippen LogP contribution is 2.15. The molecule has 13 heavy (non-hydrogen) atoms. The lowest BCUT2D eigenvalue weighted by Gasteiger charge is -1.96. The van der Waals surface area contributed by atoms with Crippen molar-refractivity contribution >= 4 is 17.2 Å². The Morgan fingerprint density at radius 2 is 2.31 bits per heavy atom. The van der Waals surface area contributed by atoms with E-state index in [0.717, 1.165) is 0 Å². The molecule has 64 valence electrons. The monoisotopic (exact) mass is 192 g/mol. The van der Waals surface area contributed by atoms with Crippen molar-refractivity contribution in [3.63, 3.8) is 0 Å². The Morgan fingerprint density at radius 3 is 3.00 bits per heavy atom. The highest BCUT2D eigenvalue weighted by Gasteiger charge is 2.07. The average Bonchev–Trinajstić information content (AvgIpc) is 2.47. The zero-order chi connectivity index (χ0) is 9.42. The lowest BCUT2D eigenvalue weighted by Crippen LogP contribution is -1.90. The number of nitriles is 1. The minimum atomic E-state index is 0.438. The Labute approximate surface area is 79.4 Å². The van der Waals surface area contributed by atoms with Gasteiger partial charge in [-0.3, -0.25) is 4.40 Å². The zero-order valence-electron chi connectivity index (χ0n) is 6.82. The van der Waals surface area contributed by atoms with Gasteiger partial charge in [-0.15, -0.1) is 10.2 Å². The van der Waals surface area contributed by atoms with Crippen LogP contribution in [0.5, 0.6) is 0 Å². The van der Waals surface area contributed by atoms with Gasteiger partial charge in [0.1, 0.15) is 11.9 Å². The normalized spacial score (nSPS) is 10.2. The van der Waals surface area contributed by atoms with Crippen LogP contribution >= 0.6 is 11.6 Å². The van der Waals surface area contributed by atoms with E-state index in [-0.39, 0.29) is 0 Å². The first-order chi connectivity index (χ1) is 6.22. The molecule has 0 N–H and O–H groups in total. The third kappa shape index (κ3) is 1.14. The number of halogens is 1. The summed E-state index contributed by atoms with van der Waals surface area (Å²) in [7, 11) is 0. The number of rotatable bonds is 0. The minimum Gasteiger partial charge on any atom is -0.284 e. The number of hydrogen-bond donors (Lipinski definition) is 0. The fraction of sp³-hybridized carbons (Fsp3) is 0.125. The van der Waals surface area contributed by atoms with Gasteiger partial charge in [0, 0.05) is 6.20 Å². The largest absolute Gasteiger partial charge is 0.284 e. The molecule has 5 heteroatoms. The van der Waals surface area contributed by atoms with Crippen LogP contribution in [0.3, 0.4) is 0 Å². The van der Waals surface area contributed by atoms with E-state index >= 15 is 0 Å². The van der Waals surface area contributed by atoms with Crippen molar-refractivity contribution in [2.45, 2.75) is 6.92 Å². The second kappa shape index (κ2) is 2.71. The molecule has 2 aromatic rings. The zero-order valence-corrected chi connectivity index (χ0v) is 7.58. The van der Waals surface area contributed by atoms with Gasteiger partial charge in [0.15, 0.2) is 5.65 Å². The molecule has 0 aliphatic heterocycles. The van der Waals surface area contributed by atoms with Crippen molar-refractivity contribution in [1.29, 1.82) is 5.26 Å². The maximum atomic E-state index is 8.78. The summed E-state index contributed by atoms with van der Waals surface area (Å²) in [5.41, 5.74) is 0.984. The van der Waals surface area contributed by atoms with E-state index in [1.165, 1.54) is 0 Å². The molecule has 0 amide bonds. The Bertz CT molecular complexity index is 509. The van der Waals surface area contributed by atoms with Gasteiger partial charge in [-0.2, -0.15) is 5.26 Å². The third-order valence-electron chi connectivity index (χ3n) is 1.76. The first kappa shape index (κ1) is 8.02. The maximum absolute atomic E-state index is 8.78. The van der Waals surface area contributed by atoms with Crippen molar-refractivity contribution in [3.05, 3.63) is 28.7 Å². The van der Waals surface area contributed by atoms with Crippen LogP contribution in [-0.2, 0) is 0 Å². The number of fused-ring (bicyclic) bond motifs is 1. The summed E-state index contributed by atoms with van der Waals surface area (Å²) >= 11 is 5.80. The van der Waals surface area contributed by atoms with Crippen molar-refractivity contribution in [1.82, 2.24) is 14.6 Å². The molecule has 0 radical (unpaired) electrons. The summed E-state index contributed by atoms with van der Waals surface area (Å²) in [5.74, 6) is 0.717. The van der Waals surface area contributed by atoms with E-state index in [2.05, 4.69) is 10.2 Å². The molecule has 0 aliphatic rings. The van der Waals surface area contributed by atoms with E-state index in [1.54, 1.807) is 23.6 Å². The summed E-state index contributed by atoms with van der Waals surface area (Å²) in [5, 5.41) is 17.0. The molecule has 0 fully saturated rings. The highest BCUT2D eigenvalue weighted by atomic mass is 35.5. The van der Waals surface area contributed by atoms with E-state index < -0.39 is 0 Å². The van der Waals surface area contributed by atoms with Gasteiger partial charge in [0.2, 0.25) is 0 Å². The van der Waals surface area contributed by atoms with Gasteiger partial charge in [0.05, 0.1) is 10.6 Å². The van der Waals surface area contributed by atoms with Crippen LogP contribution in [0.4, 0.5) is 0 Å². The number of pyridine rings is 1. The predicted molar refractivity (Wildman–Crippen MR) is 47.4 cm³/mol. The third-order valence-corrected chi connectivity index (χ3v) is 1.97. The Kier molecular flexibility index (Phi) is 1.67. The first-order valence-electron chi connectivity index (χ1n) is 3.63. The first-order valence-corrected chi connectivity index (χ1v) is 4.01. The highest BCUT2D eigenvalue weighted by molar-refractivity contribution is 6.30. The molecule has 0 unspecified atom stereocenters. The lowest BCUT2D eigenvalue weighted by molar-refractivity contribution is 1.01. The van der Waals surface area contributed by atoms with Crippen molar-refractivity contribution < 1.29 is 0 Å². The van der Waals surface area contributed by atoms with Gasteiger partial charge < -0.3 is 0 Å². The molecular formula is C8H5ClN4. The fourth-order valence-electron chi connectivity index (χ4n) is 1.15. The Balaban J connectivity index is 2.94. The van der Waals surface area contributed by atoms with Crippen molar-refractivity contribution in [2.24, 2.45) is 0 Å². The topological polar surface area (TPSA) is 54.0 Å². The molecule has 0 saturated heterocycles. The SMILES string of the molecule is Cc1nnc2c(C#N)cc(Cl)cn12. The van der Waals surface area contributed by atoms with E-state index in [0.29, 0.717) is 22.1 Å². The van der Waals surface area contributed by atoms with Crippen LogP contribution in [0.25, 0.3) is 5.65 Å². The maximum Gasteiger partial charge on any atom is 0.178 e. The van der Waals surface area contributed by atoms with E-state index in [4.69, 9.17) is 16.9 Å². The molecular weight excluding hydrogens is 188 g/mol. The summed E-state index contributed by atoms with van der Waals surface area (Å²) < 4.78 is 1.70. The molecule has 2 aromatic heterocycles. The Morgan fingerprint density at radius 1 is 1.54 bits per heavy atom. The van der Waals surface area contributed by atoms with Crippen LogP contribution in [0.2, 0.25) is 5.02 Å². The van der Waals surface area contributed by atoms with Crippen LogP contribution in [0.15, 0.2) is 12.3 Å². The quantitative estimate of drug-likeness (QED) is 0.637. The molecule has 0 saturated carbocycles. The van der Waals surface area contributed by atoms with Crippen LogP contribution in [-0.4, -0.2) is 14.6 Å². The number of hydrogen-bond acceptors (Lipinski definition) is 3. The molecule has 0 bridgehead atoms. The second-order valence-electron chi connectivity index (χ2n) is 2.62. The number of aromatic nitrogens is 3. The number of aryl methyl sites for hydroxylation is 1. The van der Waals surface area contributed by atoms with Gasteiger partial charge >= 0.3 is 0 Å². The van der Waals surface area contributed by atoms with Crippen LogP contribution in [0.1, 0.15) is 11.4 Å². The molecule has 2 heterocycles. The molecule has 0 spiro atoms. The number of nitrogens with zero attached hydrogens (tertiary/aromatic N) is 4. The van der Waals surface area contributed by atoms with Crippen molar-refractivity contribution in [3.8, 4) is 6.07 Å². The summed E-state index contributed by atoms with van der Waals surface area (Å²) in [6.45, 7) is 1.80. The molecule has 4 nitrogen and oxygen atoms in total. The summed E-state index contributed by atoms with van der Waals surface area (Å²) in [4.78, 5) is 0. The van der Waals surface area contributed by atoms with Gasteiger partial charge in [0.25, 0.3) is 0 Å². The summed E-state index contributed by atoms with van der Waals surface area (Å²) in [6, 6.07) is 3.59. The molecule has 0 aliphatic carbocycles. The Hall–Kier alpha value is -1.60. The van der Waals surface area contributed by atoms with E-state index in [1.807, 2.05) is 6.07 Å². The van der Waals surface area contributed by atoms with Gasteiger partial charge in [-0.1, -0.05) is 11.6 Å². The van der Waals surface area contributed by atoms with Crippen LogP contribution < -0.4 is 0 Å². The van der Waals surface area contributed by atoms with E-state index in [9.17, 15) is 0 Å². The summed E-state index contributed by atoms with van der Waals surface area (Å²) in [6.07, 6.45) is 1.69. The second-order valence-corrected chi connectivity index (χ2v) is 3.06. The standard InChI is InChI=1S/C8H5ClN4/c1-5-11-12-8-6(3-10)2-7(9)4-13(5)8/h2,4H,1H3. The van der Waals surface area contributed by atoms with Crippen molar-refractivity contribution in [2.75, 3.05) is 0 Å².